The highest BCUT2D eigenvalue weighted by molar-refractivity contribution is 14.0. The number of rotatable bonds is 7. The van der Waals surface area contributed by atoms with Crippen molar-refractivity contribution in [2.45, 2.75) is 45.7 Å². The molecule has 0 amide bonds. The van der Waals surface area contributed by atoms with Gasteiger partial charge in [-0.2, -0.15) is 16.9 Å². The lowest BCUT2D eigenvalue weighted by atomic mass is 10.1. The van der Waals surface area contributed by atoms with E-state index in [4.69, 9.17) is 0 Å². The summed E-state index contributed by atoms with van der Waals surface area (Å²) in [5.41, 5.74) is 0. The highest BCUT2D eigenvalue weighted by atomic mass is 127. The van der Waals surface area contributed by atoms with Gasteiger partial charge in [0.15, 0.2) is 11.8 Å². The van der Waals surface area contributed by atoms with E-state index in [1.54, 1.807) is 16.1 Å². The van der Waals surface area contributed by atoms with Crippen LogP contribution in [0.5, 0.6) is 0 Å². The number of aliphatic imine (C=N–C) groups is 1. The van der Waals surface area contributed by atoms with E-state index in [1.165, 1.54) is 0 Å². The molecule has 1 aromatic rings. The Kier molecular flexibility index (Phi) is 9.95. The van der Waals surface area contributed by atoms with Crippen molar-refractivity contribution < 1.29 is 8.42 Å². The number of aryl methyl sites for hydroxylation is 2. The van der Waals surface area contributed by atoms with Crippen LogP contribution >= 0.6 is 35.7 Å². The van der Waals surface area contributed by atoms with Crippen LogP contribution in [0, 0.1) is 0 Å². The first-order valence-corrected chi connectivity index (χ1v) is 12.8. The van der Waals surface area contributed by atoms with Crippen LogP contribution < -0.4 is 10.6 Å². The summed E-state index contributed by atoms with van der Waals surface area (Å²) in [5, 5.41) is 11.2. The summed E-state index contributed by atoms with van der Waals surface area (Å²) in [5.74, 6) is 4.39. The zero-order chi connectivity index (χ0) is 20.0. The molecule has 12 heteroatoms. The topological polar surface area (TPSA) is 105 Å². The smallest absolute Gasteiger partial charge is 0.215 e. The summed E-state index contributed by atoms with van der Waals surface area (Å²) in [6.45, 7) is 7.00. The molecule has 0 aliphatic carbocycles. The molecular weight excluding hydrogens is 525 g/mol. The second kappa shape index (κ2) is 11.7. The van der Waals surface area contributed by atoms with Crippen LogP contribution in [-0.2, 0) is 29.4 Å². The summed E-state index contributed by atoms with van der Waals surface area (Å²) in [6, 6.07) is 0.201. The van der Waals surface area contributed by atoms with Crippen LogP contribution in [0.25, 0.3) is 0 Å². The molecule has 2 N–H and O–H groups in total. The average Bonchev–Trinajstić information content (AvgIpc) is 3.11. The molecule has 0 spiro atoms. The van der Waals surface area contributed by atoms with Gasteiger partial charge in [-0.15, -0.1) is 24.0 Å². The molecule has 2 aliphatic rings. The minimum absolute atomic E-state index is 0. The minimum Gasteiger partial charge on any atom is -0.357 e. The molecule has 1 atom stereocenters. The van der Waals surface area contributed by atoms with E-state index in [9.17, 15) is 8.42 Å². The number of hydrogen-bond donors (Lipinski definition) is 2. The van der Waals surface area contributed by atoms with Crippen LogP contribution in [0.4, 0.5) is 0 Å². The van der Waals surface area contributed by atoms with E-state index in [-0.39, 0.29) is 42.3 Å². The largest absolute Gasteiger partial charge is 0.357 e. The van der Waals surface area contributed by atoms with E-state index in [2.05, 4.69) is 32.6 Å². The maximum atomic E-state index is 12.5. The number of nitrogens with zero attached hydrogens (tertiary/aromatic N) is 5. The van der Waals surface area contributed by atoms with Gasteiger partial charge >= 0.3 is 0 Å². The molecule has 1 saturated heterocycles. The van der Waals surface area contributed by atoms with Gasteiger partial charge in [0.25, 0.3) is 0 Å². The van der Waals surface area contributed by atoms with Crippen molar-refractivity contribution in [3.63, 3.8) is 0 Å². The number of hydrogen-bond acceptors (Lipinski definition) is 6. The Morgan fingerprint density at radius 2 is 2.07 bits per heavy atom. The van der Waals surface area contributed by atoms with Crippen molar-refractivity contribution in [3.8, 4) is 0 Å². The van der Waals surface area contributed by atoms with Crippen molar-refractivity contribution >= 4 is 51.7 Å². The van der Waals surface area contributed by atoms with Crippen molar-refractivity contribution in [1.29, 1.82) is 0 Å². The van der Waals surface area contributed by atoms with Crippen LogP contribution in [0.3, 0.4) is 0 Å². The Labute approximate surface area is 195 Å². The third-order valence-electron chi connectivity index (χ3n) is 4.89. The molecule has 1 aromatic heterocycles. The SMILES string of the molecule is CCNC(=NCCS(=O)(=O)N1CCSCC1)NC1CCc2nc(CC)nn2C1.I. The molecule has 1 unspecified atom stereocenters. The molecule has 29 heavy (non-hydrogen) atoms. The summed E-state index contributed by atoms with van der Waals surface area (Å²) in [7, 11) is -3.23. The first-order chi connectivity index (χ1) is 13.5. The molecule has 2 aliphatic heterocycles. The van der Waals surface area contributed by atoms with E-state index < -0.39 is 10.0 Å². The number of sulfonamides is 1. The van der Waals surface area contributed by atoms with Crippen molar-refractivity contribution in [3.05, 3.63) is 11.6 Å². The lowest BCUT2D eigenvalue weighted by molar-refractivity contribution is 0.392. The Bertz CT molecular complexity index is 779. The van der Waals surface area contributed by atoms with Crippen molar-refractivity contribution in [2.24, 2.45) is 4.99 Å². The number of fused-ring (bicyclic) bond motifs is 1. The van der Waals surface area contributed by atoms with Gasteiger partial charge in [0.1, 0.15) is 5.82 Å². The molecule has 3 heterocycles. The molecule has 9 nitrogen and oxygen atoms in total. The van der Waals surface area contributed by atoms with Gasteiger partial charge in [0.05, 0.1) is 18.8 Å². The third-order valence-corrected chi connectivity index (χ3v) is 7.68. The Hall–Kier alpha value is -0.600. The highest BCUT2D eigenvalue weighted by Gasteiger charge is 2.24. The standard InChI is InChI=1S/C17H31N7O2S2.HI/c1-3-15-21-16-6-5-14(13-24(16)22-15)20-17(18-4-2)19-7-12-28(25,26)23-8-10-27-11-9-23;/h14H,3-13H2,1-2H3,(H2,18,19,20);1H. The molecule has 1 fully saturated rings. The maximum Gasteiger partial charge on any atom is 0.215 e. The Balaban J connectivity index is 0.00000300. The maximum absolute atomic E-state index is 12.5. The van der Waals surface area contributed by atoms with Crippen molar-refractivity contribution in [2.75, 3.05) is 43.4 Å². The van der Waals surface area contributed by atoms with E-state index in [0.717, 1.165) is 55.5 Å². The summed E-state index contributed by atoms with van der Waals surface area (Å²) in [4.78, 5) is 9.05. The molecule has 0 aromatic carbocycles. The molecular formula is C17H32IN7O2S2. The van der Waals surface area contributed by atoms with Gasteiger partial charge < -0.3 is 10.6 Å². The Morgan fingerprint density at radius 1 is 1.31 bits per heavy atom. The van der Waals surface area contributed by atoms with Crippen LogP contribution in [-0.4, -0.2) is 82.9 Å². The molecule has 166 valence electrons. The lowest BCUT2D eigenvalue weighted by Gasteiger charge is -2.26. The number of guanidine groups is 1. The summed E-state index contributed by atoms with van der Waals surface area (Å²) in [6.07, 6.45) is 2.67. The van der Waals surface area contributed by atoms with Gasteiger partial charge in [-0.05, 0) is 13.3 Å². The van der Waals surface area contributed by atoms with Crippen LogP contribution in [0.2, 0.25) is 0 Å². The number of nitrogens with one attached hydrogen (secondary N) is 2. The molecule has 0 saturated carbocycles. The number of thioether (sulfide) groups is 1. The second-order valence-corrected chi connectivity index (χ2v) is 10.3. The summed E-state index contributed by atoms with van der Waals surface area (Å²) < 4.78 is 28.5. The van der Waals surface area contributed by atoms with Crippen molar-refractivity contribution in [1.82, 2.24) is 29.7 Å². The predicted octanol–water partition coefficient (Wildman–Crippen LogP) is 0.707. The minimum atomic E-state index is -3.23. The van der Waals surface area contributed by atoms with E-state index in [0.29, 0.717) is 19.0 Å². The fourth-order valence-corrected chi connectivity index (χ4v) is 5.82. The predicted molar refractivity (Wildman–Crippen MR) is 129 cm³/mol. The molecule has 3 rings (SSSR count). The first-order valence-electron chi connectivity index (χ1n) is 10.0. The summed E-state index contributed by atoms with van der Waals surface area (Å²) >= 11 is 1.80. The average molecular weight is 558 g/mol. The third kappa shape index (κ3) is 6.96. The zero-order valence-electron chi connectivity index (χ0n) is 17.1. The Morgan fingerprint density at radius 3 is 2.76 bits per heavy atom. The van der Waals surface area contributed by atoms with Gasteiger partial charge in [0, 0.05) is 50.0 Å². The van der Waals surface area contributed by atoms with Gasteiger partial charge in [0.2, 0.25) is 10.0 Å². The van der Waals surface area contributed by atoms with E-state index in [1.807, 2.05) is 11.6 Å². The second-order valence-electron chi connectivity index (χ2n) is 6.95. The highest BCUT2D eigenvalue weighted by Crippen LogP contribution is 2.14. The fourth-order valence-electron chi connectivity index (χ4n) is 3.37. The first kappa shape index (κ1) is 24.7. The fraction of sp³-hybridized carbons (Fsp3) is 0.824. The number of aromatic nitrogens is 3. The van der Waals surface area contributed by atoms with Gasteiger partial charge in [-0.3, -0.25) is 4.99 Å². The number of halogens is 1. The zero-order valence-corrected chi connectivity index (χ0v) is 21.1. The molecule has 0 radical (unpaired) electrons. The van der Waals surface area contributed by atoms with Crippen LogP contribution in [0.15, 0.2) is 4.99 Å². The van der Waals surface area contributed by atoms with Gasteiger partial charge in [-0.1, -0.05) is 6.92 Å². The lowest BCUT2D eigenvalue weighted by Crippen LogP contribution is -2.47. The quantitative estimate of drug-likeness (QED) is 0.289. The van der Waals surface area contributed by atoms with Crippen LogP contribution in [0.1, 0.15) is 31.9 Å². The van der Waals surface area contributed by atoms with Gasteiger partial charge in [-0.25, -0.2) is 22.4 Å². The normalized spacial score (nSPS) is 20.6. The van der Waals surface area contributed by atoms with E-state index >= 15 is 0 Å². The molecule has 0 bridgehead atoms. The monoisotopic (exact) mass is 557 g/mol.